The van der Waals surface area contributed by atoms with Crippen LogP contribution in [0.25, 0.3) is 0 Å². The Bertz CT molecular complexity index is 385. The summed E-state index contributed by atoms with van der Waals surface area (Å²) in [4.78, 5) is 11.0. The molecule has 1 fully saturated rings. The second-order valence-electron chi connectivity index (χ2n) is 4.20. The Balaban J connectivity index is 2.52. The van der Waals surface area contributed by atoms with Crippen molar-refractivity contribution in [3.8, 4) is 0 Å². The van der Waals surface area contributed by atoms with Gasteiger partial charge in [0.15, 0.2) is 0 Å². The quantitative estimate of drug-likeness (QED) is 0.483. The van der Waals surface area contributed by atoms with Crippen LogP contribution in [0, 0.1) is 0 Å². The van der Waals surface area contributed by atoms with Crippen molar-refractivity contribution in [3.63, 3.8) is 0 Å². The number of nitrogens with zero attached hydrogens (tertiary/aromatic N) is 1. The van der Waals surface area contributed by atoms with Crippen LogP contribution in [0.15, 0.2) is 0 Å². The second-order valence-corrected chi connectivity index (χ2v) is 5.90. The van der Waals surface area contributed by atoms with Crippen LogP contribution in [-0.4, -0.2) is 67.9 Å². The van der Waals surface area contributed by atoms with Gasteiger partial charge in [-0.05, 0) is 19.3 Å². The van der Waals surface area contributed by atoms with Crippen LogP contribution in [0.5, 0.6) is 0 Å². The van der Waals surface area contributed by atoms with E-state index in [1.54, 1.807) is 0 Å². The highest BCUT2D eigenvalue weighted by Crippen LogP contribution is 2.19. The fourth-order valence-electron chi connectivity index (χ4n) is 1.93. The van der Waals surface area contributed by atoms with Crippen LogP contribution in [-0.2, 0) is 19.7 Å². The fraction of sp³-hybridized carbons (Fsp3) is 0.900. The van der Waals surface area contributed by atoms with E-state index in [0.717, 1.165) is 4.31 Å². The molecule has 8 nitrogen and oxygen atoms in total. The van der Waals surface area contributed by atoms with Gasteiger partial charge in [-0.15, -0.1) is 0 Å². The van der Waals surface area contributed by atoms with E-state index in [0.29, 0.717) is 19.3 Å². The number of piperidine rings is 1. The summed E-state index contributed by atoms with van der Waals surface area (Å²) in [5.74, 6) is -1.12. The van der Waals surface area contributed by atoms with Gasteiger partial charge in [-0.25, -0.2) is 0 Å². The minimum absolute atomic E-state index is 0.0468. The lowest BCUT2D eigenvalue weighted by Gasteiger charge is -2.31. The predicted molar refractivity (Wildman–Crippen MR) is 66.8 cm³/mol. The number of hydrogen-bond acceptors (Lipinski definition) is 5. The molecular weight excluding hydrogens is 276 g/mol. The zero-order chi connectivity index (χ0) is 14.3. The third-order valence-corrected chi connectivity index (χ3v) is 4.44. The molecule has 0 bridgehead atoms. The lowest BCUT2D eigenvalue weighted by Crippen LogP contribution is -2.52. The number of aliphatic carboxylic acids is 1. The van der Waals surface area contributed by atoms with E-state index >= 15 is 0 Å². The topological polar surface area (TPSA) is 116 Å². The molecule has 0 spiro atoms. The van der Waals surface area contributed by atoms with Crippen molar-refractivity contribution < 1.29 is 28.2 Å². The molecule has 1 atom stereocenters. The van der Waals surface area contributed by atoms with Crippen LogP contribution < -0.4 is 4.72 Å². The van der Waals surface area contributed by atoms with Gasteiger partial charge in [0.05, 0.1) is 19.8 Å². The summed E-state index contributed by atoms with van der Waals surface area (Å²) >= 11 is 0. The third-order valence-electron chi connectivity index (χ3n) is 2.81. The number of carbonyl (C=O) groups is 1. The first kappa shape index (κ1) is 16.3. The highest BCUT2D eigenvalue weighted by Gasteiger charge is 2.36. The Hall–Kier alpha value is -0.740. The Labute approximate surface area is 112 Å². The fourth-order valence-corrected chi connectivity index (χ4v) is 3.34. The van der Waals surface area contributed by atoms with Gasteiger partial charge in [-0.3, -0.25) is 4.79 Å². The third kappa shape index (κ3) is 5.03. The number of rotatable bonds is 8. The molecule has 3 N–H and O–H groups in total. The molecule has 9 heteroatoms. The first-order chi connectivity index (χ1) is 8.99. The average Bonchev–Trinajstić information content (AvgIpc) is 2.38. The molecule has 1 unspecified atom stereocenters. The minimum atomic E-state index is -3.80. The highest BCUT2D eigenvalue weighted by molar-refractivity contribution is 7.87. The summed E-state index contributed by atoms with van der Waals surface area (Å²) in [7, 11) is -3.80. The van der Waals surface area contributed by atoms with Crippen molar-refractivity contribution in [2.75, 3.05) is 32.9 Å². The zero-order valence-corrected chi connectivity index (χ0v) is 11.4. The van der Waals surface area contributed by atoms with Gasteiger partial charge in [0, 0.05) is 13.1 Å². The summed E-state index contributed by atoms with van der Waals surface area (Å²) in [6, 6.07) is -0.996. The normalized spacial score (nSPS) is 21.4. The smallest absolute Gasteiger partial charge is 0.322 e. The second kappa shape index (κ2) is 7.75. The maximum atomic E-state index is 12.0. The van der Waals surface area contributed by atoms with E-state index in [1.807, 2.05) is 0 Å². The number of ether oxygens (including phenoxy) is 1. The number of aliphatic hydroxyl groups excluding tert-OH is 1. The number of carboxylic acids is 1. The first-order valence-electron chi connectivity index (χ1n) is 6.17. The van der Waals surface area contributed by atoms with E-state index < -0.39 is 22.2 Å². The van der Waals surface area contributed by atoms with Gasteiger partial charge >= 0.3 is 5.97 Å². The van der Waals surface area contributed by atoms with Gasteiger partial charge in [0.1, 0.15) is 6.04 Å². The Morgan fingerprint density at radius 1 is 1.37 bits per heavy atom. The monoisotopic (exact) mass is 296 g/mol. The number of aliphatic hydroxyl groups is 1. The van der Waals surface area contributed by atoms with Crippen LogP contribution in [0.3, 0.4) is 0 Å². The van der Waals surface area contributed by atoms with E-state index in [4.69, 9.17) is 14.9 Å². The Kier molecular flexibility index (Phi) is 6.66. The Morgan fingerprint density at radius 3 is 2.74 bits per heavy atom. The molecule has 112 valence electrons. The standard InChI is InChI=1S/C10H20N2O6S/c13-6-8-18-7-4-11-19(16,17)12-5-2-1-3-9(12)10(14)15/h9,11,13H,1-8H2,(H,14,15). The summed E-state index contributed by atoms with van der Waals surface area (Å²) < 4.78 is 32.2. The van der Waals surface area contributed by atoms with Crippen LogP contribution >= 0.6 is 0 Å². The summed E-state index contributed by atoms with van der Waals surface area (Å²) in [6.45, 7) is 0.406. The average molecular weight is 296 g/mol. The molecule has 1 aliphatic rings. The molecule has 19 heavy (non-hydrogen) atoms. The number of hydrogen-bond donors (Lipinski definition) is 3. The van der Waals surface area contributed by atoms with E-state index in [9.17, 15) is 13.2 Å². The molecule has 0 aromatic carbocycles. The maximum Gasteiger partial charge on any atom is 0.322 e. The summed E-state index contributed by atoms with van der Waals surface area (Å²) in [5.41, 5.74) is 0. The van der Waals surface area contributed by atoms with Crippen molar-refractivity contribution >= 4 is 16.2 Å². The molecule has 1 rings (SSSR count). The van der Waals surface area contributed by atoms with Gasteiger partial charge < -0.3 is 14.9 Å². The molecule has 0 radical (unpaired) electrons. The van der Waals surface area contributed by atoms with E-state index in [-0.39, 0.29) is 32.9 Å². The molecule has 0 aromatic heterocycles. The Morgan fingerprint density at radius 2 is 2.11 bits per heavy atom. The molecule has 0 aliphatic carbocycles. The molecule has 0 amide bonds. The van der Waals surface area contributed by atoms with Gasteiger partial charge in [-0.2, -0.15) is 17.4 Å². The summed E-state index contributed by atoms with van der Waals surface area (Å²) in [5, 5.41) is 17.5. The molecular formula is C10H20N2O6S. The largest absolute Gasteiger partial charge is 0.480 e. The summed E-state index contributed by atoms with van der Waals surface area (Å²) in [6.07, 6.45) is 1.70. The number of nitrogens with one attached hydrogen (secondary N) is 1. The minimum Gasteiger partial charge on any atom is -0.480 e. The number of carboxylic acid groups (broad SMARTS) is 1. The van der Waals surface area contributed by atoms with Crippen molar-refractivity contribution in [1.82, 2.24) is 9.03 Å². The van der Waals surface area contributed by atoms with E-state index in [1.165, 1.54) is 0 Å². The predicted octanol–water partition coefficient (Wildman–Crippen LogP) is -1.23. The van der Waals surface area contributed by atoms with Crippen molar-refractivity contribution in [1.29, 1.82) is 0 Å². The van der Waals surface area contributed by atoms with Crippen molar-refractivity contribution in [2.45, 2.75) is 25.3 Å². The molecule has 0 saturated carbocycles. The van der Waals surface area contributed by atoms with Crippen molar-refractivity contribution in [2.24, 2.45) is 0 Å². The van der Waals surface area contributed by atoms with Crippen molar-refractivity contribution in [3.05, 3.63) is 0 Å². The first-order valence-corrected chi connectivity index (χ1v) is 7.61. The van der Waals surface area contributed by atoms with Crippen LogP contribution in [0.1, 0.15) is 19.3 Å². The molecule has 1 saturated heterocycles. The molecule has 1 aliphatic heterocycles. The van der Waals surface area contributed by atoms with Gasteiger partial charge in [0.25, 0.3) is 10.2 Å². The van der Waals surface area contributed by atoms with Crippen LogP contribution in [0.4, 0.5) is 0 Å². The maximum absolute atomic E-state index is 12.0. The van der Waals surface area contributed by atoms with Crippen LogP contribution in [0.2, 0.25) is 0 Å². The molecule has 0 aromatic rings. The van der Waals surface area contributed by atoms with Gasteiger partial charge in [-0.1, -0.05) is 0 Å². The lowest BCUT2D eigenvalue weighted by atomic mass is 10.1. The SMILES string of the molecule is O=C(O)C1CCCCN1S(=O)(=O)NCCOCCO. The van der Waals surface area contributed by atoms with Gasteiger partial charge in [0.2, 0.25) is 0 Å². The zero-order valence-electron chi connectivity index (χ0n) is 10.6. The lowest BCUT2D eigenvalue weighted by molar-refractivity contribution is -0.142. The molecule has 1 heterocycles. The highest BCUT2D eigenvalue weighted by atomic mass is 32.2. The van der Waals surface area contributed by atoms with E-state index in [2.05, 4.69) is 4.72 Å².